The molecule has 4 rings (SSSR count). The maximum absolute atomic E-state index is 9.02. The van der Waals surface area contributed by atoms with E-state index in [-0.39, 0.29) is 10.8 Å². The summed E-state index contributed by atoms with van der Waals surface area (Å²) in [5.74, 6) is 0. The first-order chi connectivity index (χ1) is 13.5. The van der Waals surface area contributed by atoms with Gasteiger partial charge in [0.05, 0.1) is 30.0 Å². The highest BCUT2D eigenvalue weighted by molar-refractivity contribution is 5.31. The lowest BCUT2D eigenvalue weighted by molar-refractivity contribution is -0.223. The zero-order valence-electron chi connectivity index (χ0n) is 16.9. The van der Waals surface area contributed by atoms with Crippen molar-refractivity contribution < 1.29 is 4.74 Å². The minimum atomic E-state index is 0.185. The van der Waals surface area contributed by atoms with Crippen LogP contribution in [0.1, 0.15) is 43.5 Å². The number of pyridine rings is 1. The predicted octanol–water partition coefficient (Wildman–Crippen LogP) is 4.20. The number of benzene rings is 1. The van der Waals surface area contributed by atoms with Crippen LogP contribution in [-0.4, -0.2) is 35.7 Å². The summed E-state index contributed by atoms with van der Waals surface area (Å²) in [6, 6.07) is 16.4. The van der Waals surface area contributed by atoms with Gasteiger partial charge >= 0.3 is 0 Å². The Hall–Kier alpha value is -2.22. The summed E-state index contributed by atoms with van der Waals surface area (Å²) in [5, 5.41) is 9.02. The lowest BCUT2D eigenvalue weighted by Crippen LogP contribution is -2.58. The molecule has 4 heteroatoms. The van der Waals surface area contributed by atoms with Crippen LogP contribution < -0.4 is 0 Å². The van der Waals surface area contributed by atoms with Crippen molar-refractivity contribution in [3.05, 3.63) is 65.5 Å². The molecular formula is C24H29N3O. The first-order valence-electron chi connectivity index (χ1n) is 10.2. The summed E-state index contributed by atoms with van der Waals surface area (Å²) >= 11 is 0. The van der Waals surface area contributed by atoms with Crippen LogP contribution in [0.2, 0.25) is 0 Å². The standard InChI is InChI=1S/C24H29N3O/c1-23(2)18-28-22(23)24(11-10-19-6-8-20(15-25)9-7-19)12-14-27(17-24)16-21-5-3-4-13-26-21/h3-9,13,22H,10-12,14,16-18H2,1-2H3/t22?,24-/m1/s1. The number of nitrogens with zero attached hydrogens (tertiary/aromatic N) is 3. The normalized spacial score (nSPS) is 26.5. The van der Waals surface area contributed by atoms with Crippen LogP contribution in [0.5, 0.6) is 0 Å². The van der Waals surface area contributed by atoms with Crippen molar-refractivity contribution in [2.24, 2.45) is 10.8 Å². The number of hydrogen-bond acceptors (Lipinski definition) is 4. The molecule has 0 aliphatic carbocycles. The van der Waals surface area contributed by atoms with Crippen molar-refractivity contribution in [1.82, 2.24) is 9.88 Å². The van der Waals surface area contributed by atoms with Crippen molar-refractivity contribution in [3.63, 3.8) is 0 Å². The summed E-state index contributed by atoms with van der Waals surface area (Å²) in [5.41, 5.74) is 3.60. The average Bonchev–Trinajstić information content (AvgIpc) is 3.10. The van der Waals surface area contributed by atoms with Gasteiger partial charge in [-0.1, -0.05) is 32.0 Å². The summed E-state index contributed by atoms with van der Waals surface area (Å²) < 4.78 is 6.17. The van der Waals surface area contributed by atoms with E-state index in [0.29, 0.717) is 6.10 Å². The highest BCUT2D eigenvalue weighted by Gasteiger charge is 2.55. The molecule has 1 aromatic carbocycles. The Morgan fingerprint density at radius 1 is 1.21 bits per heavy atom. The summed E-state index contributed by atoms with van der Waals surface area (Å²) in [6.45, 7) is 8.61. The third kappa shape index (κ3) is 3.83. The Morgan fingerprint density at radius 2 is 2.04 bits per heavy atom. The Morgan fingerprint density at radius 3 is 2.64 bits per heavy atom. The van der Waals surface area contributed by atoms with Gasteiger partial charge in [0.1, 0.15) is 0 Å². The molecule has 146 valence electrons. The van der Waals surface area contributed by atoms with Crippen LogP contribution in [0.15, 0.2) is 48.7 Å². The number of aryl methyl sites for hydroxylation is 1. The van der Waals surface area contributed by atoms with E-state index in [1.165, 1.54) is 12.0 Å². The zero-order chi connectivity index (χ0) is 19.6. The lowest BCUT2D eigenvalue weighted by Gasteiger charge is -2.54. The van der Waals surface area contributed by atoms with Gasteiger partial charge in [0, 0.05) is 30.1 Å². The van der Waals surface area contributed by atoms with Crippen LogP contribution in [0, 0.1) is 22.2 Å². The zero-order valence-corrected chi connectivity index (χ0v) is 16.9. The minimum absolute atomic E-state index is 0.185. The van der Waals surface area contributed by atoms with E-state index in [1.54, 1.807) is 0 Å². The SMILES string of the molecule is CC1(C)COC1[C@]1(CCc2ccc(C#N)cc2)CCN(Cc2ccccn2)C1. The maximum atomic E-state index is 9.02. The second-order valence-electron chi connectivity index (χ2n) is 9.13. The quantitative estimate of drug-likeness (QED) is 0.759. The molecule has 2 aliphatic heterocycles. The predicted molar refractivity (Wildman–Crippen MR) is 110 cm³/mol. The van der Waals surface area contributed by atoms with Crippen molar-refractivity contribution >= 4 is 0 Å². The number of hydrogen-bond donors (Lipinski definition) is 0. The minimum Gasteiger partial charge on any atom is -0.376 e. The van der Waals surface area contributed by atoms with E-state index in [4.69, 9.17) is 10.00 Å². The van der Waals surface area contributed by atoms with Gasteiger partial charge in [0.25, 0.3) is 0 Å². The summed E-state index contributed by atoms with van der Waals surface area (Å²) in [4.78, 5) is 7.05. The third-order valence-electron chi connectivity index (χ3n) is 6.46. The van der Waals surface area contributed by atoms with Crippen molar-refractivity contribution in [3.8, 4) is 6.07 Å². The highest BCUT2D eigenvalue weighted by atomic mass is 16.5. The molecule has 0 radical (unpaired) electrons. The van der Waals surface area contributed by atoms with E-state index in [1.807, 2.05) is 24.4 Å². The molecule has 3 heterocycles. The van der Waals surface area contributed by atoms with Crippen LogP contribution >= 0.6 is 0 Å². The van der Waals surface area contributed by atoms with E-state index in [9.17, 15) is 0 Å². The molecule has 2 atom stereocenters. The monoisotopic (exact) mass is 375 g/mol. The van der Waals surface area contributed by atoms with Crippen LogP contribution in [0.3, 0.4) is 0 Å². The largest absolute Gasteiger partial charge is 0.376 e. The molecule has 0 saturated carbocycles. The van der Waals surface area contributed by atoms with E-state index in [2.05, 4.69) is 54.1 Å². The van der Waals surface area contributed by atoms with Gasteiger partial charge in [-0.05, 0) is 55.6 Å². The topological polar surface area (TPSA) is 49.1 Å². The van der Waals surface area contributed by atoms with Crippen molar-refractivity contribution in [1.29, 1.82) is 5.26 Å². The Labute approximate surface area is 168 Å². The number of rotatable bonds is 6. The van der Waals surface area contributed by atoms with Gasteiger partial charge in [-0.15, -0.1) is 0 Å². The Bertz CT molecular complexity index is 840. The molecule has 2 fully saturated rings. The molecule has 2 saturated heterocycles. The first-order valence-corrected chi connectivity index (χ1v) is 10.2. The molecule has 0 spiro atoms. The van der Waals surface area contributed by atoms with Gasteiger partial charge in [-0.3, -0.25) is 9.88 Å². The van der Waals surface area contributed by atoms with Crippen LogP contribution in [0.25, 0.3) is 0 Å². The number of nitriles is 1. The molecule has 0 bridgehead atoms. The molecule has 4 nitrogen and oxygen atoms in total. The second kappa shape index (κ2) is 7.66. The Kier molecular flexibility index (Phi) is 5.23. The van der Waals surface area contributed by atoms with Crippen molar-refractivity contribution in [2.75, 3.05) is 19.7 Å². The number of aromatic nitrogens is 1. The lowest BCUT2D eigenvalue weighted by atomic mass is 9.64. The smallest absolute Gasteiger partial charge is 0.0991 e. The maximum Gasteiger partial charge on any atom is 0.0991 e. The fourth-order valence-electron chi connectivity index (χ4n) is 5.03. The number of likely N-dealkylation sites (tertiary alicyclic amines) is 1. The van der Waals surface area contributed by atoms with Gasteiger partial charge < -0.3 is 4.74 Å². The number of ether oxygens (including phenoxy) is 1. The Balaban J connectivity index is 1.48. The molecule has 2 aliphatic rings. The molecular weight excluding hydrogens is 346 g/mol. The fraction of sp³-hybridized carbons (Fsp3) is 0.500. The van der Waals surface area contributed by atoms with Crippen LogP contribution in [-0.2, 0) is 17.7 Å². The van der Waals surface area contributed by atoms with E-state index in [0.717, 1.165) is 50.3 Å². The van der Waals surface area contributed by atoms with Gasteiger partial charge in [-0.25, -0.2) is 0 Å². The molecule has 0 amide bonds. The highest BCUT2D eigenvalue weighted by Crippen LogP contribution is 2.51. The summed E-state index contributed by atoms with van der Waals surface area (Å²) in [7, 11) is 0. The molecule has 2 aromatic rings. The van der Waals surface area contributed by atoms with Crippen molar-refractivity contribution in [2.45, 2.75) is 45.8 Å². The third-order valence-corrected chi connectivity index (χ3v) is 6.46. The summed E-state index contributed by atoms with van der Waals surface area (Å²) in [6.07, 6.45) is 5.50. The molecule has 1 aromatic heterocycles. The van der Waals surface area contributed by atoms with E-state index < -0.39 is 0 Å². The van der Waals surface area contributed by atoms with Crippen LogP contribution in [0.4, 0.5) is 0 Å². The fourth-order valence-corrected chi connectivity index (χ4v) is 5.03. The molecule has 1 unspecified atom stereocenters. The van der Waals surface area contributed by atoms with Gasteiger partial charge in [0.15, 0.2) is 0 Å². The van der Waals surface area contributed by atoms with E-state index >= 15 is 0 Å². The van der Waals surface area contributed by atoms with Gasteiger partial charge in [0.2, 0.25) is 0 Å². The molecule has 28 heavy (non-hydrogen) atoms. The van der Waals surface area contributed by atoms with Gasteiger partial charge in [-0.2, -0.15) is 5.26 Å². The second-order valence-corrected chi connectivity index (χ2v) is 9.13. The molecule has 0 N–H and O–H groups in total. The first kappa shape index (κ1) is 19.1. The average molecular weight is 376 g/mol.